The number of nitrogens with one attached hydrogen (secondary N) is 1. The summed E-state index contributed by atoms with van der Waals surface area (Å²) in [7, 11) is 0. The molecule has 1 N–H and O–H groups in total. The zero-order valence-corrected chi connectivity index (χ0v) is 16.3. The van der Waals surface area contributed by atoms with Crippen LogP contribution in [-0.4, -0.2) is 48.0 Å². The molecule has 1 aromatic carbocycles. The van der Waals surface area contributed by atoms with Crippen LogP contribution in [0.2, 0.25) is 0 Å². The molecule has 0 aliphatic carbocycles. The third kappa shape index (κ3) is 7.45. The van der Waals surface area contributed by atoms with E-state index in [2.05, 4.69) is 5.32 Å². The number of hydrogen-bond donors (Lipinski definition) is 1. The van der Waals surface area contributed by atoms with Crippen molar-refractivity contribution in [1.82, 2.24) is 10.2 Å². The molecule has 150 valence electrons. The molecule has 27 heavy (non-hydrogen) atoms. The minimum atomic E-state index is -1.54. The van der Waals surface area contributed by atoms with Crippen LogP contribution in [0.1, 0.15) is 45.6 Å². The molecule has 1 aliphatic heterocycles. The second-order valence-electron chi connectivity index (χ2n) is 7.89. The Hall–Kier alpha value is -2.31. The number of benzene rings is 1. The summed E-state index contributed by atoms with van der Waals surface area (Å²) in [5.41, 5.74) is -1.27. The lowest BCUT2D eigenvalue weighted by Gasteiger charge is -2.38. The van der Waals surface area contributed by atoms with Crippen molar-refractivity contribution >= 4 is 12.2 Å². The van der Waals surface area contributed by atoms with E-state index in [0.29, 0.717) is 19.4 Å². The minimum absolute atomic E-state index is 0.0251. The third-order valence-electron chi connectivity index (χ3n) is 4.23. The highest BCUT2D eigenvalue weighted by Crippen LogP contribution is 2.29. The van der Waals surface area contributed by atoms with Crippen molar-refractivity contribution < 1.29 is 23.5 Å². The number of hydrogen-bond acceptors (Lipinski definition) is 4. The van der Waals surface area contributed by atoms with Crippen molar-refractivity contribution in [2.24, 2.45) is 0 Å². The Morgan fingerprint density at radius 2 is 1.96 bits per heavy atom. The number of halogens is 1. The van der Waals surface area contributed by atoms with Crippen LogP contribution < -0.4 is 5.32 Å². The van der Waals surface area contributed by atoms with E-state index in [4.69, 9.17) is 9.47 Å². The number of piperidine rings is 1. The molecular formula is C20H29FN2O4. The van der Waals surface area contributed by atoms with Gasteiger partial charge in [-0.25, -0.2) is 14.0 Å². The van der Waals surface area contributed by atoms with E-state index in [1.165, 1.54) is 4.90 Å². The molecule has 1 saturated heterocycles. The molecule has 1 heterocycles. The van der Waals surface area contributed by atoms with E-state index in [0.717, 1.165) is 5.56 Å². The fourth-order valence-corrected chi connectivity index (χ4v) is 2.94. The zero-order valence-electron chi connectivity index (χ0n) is 16.3. The molecule has 2 rings (SSSR count). The first-order chi connectivity index (χ1) is 12.7. The van der Waals surface area contributed by atoms with Crippen molar-refractivity contribution in [3.8, 4) is 0 Å². The number of alkyl halides is 1. The second kappa shape index (κ2) is 9.06. The minimum Gasteiger partial charge on any atom is -0.445 e. The van der Waals surface area contributed by atoms with E-state index in [9.17, 15) is 9.59 Å². The van der Waals surface area contributed by atoms with Gasteiger partial charge in [-0.2, -0.15) is 0 Å². The number of nitrogens with zero attached hydrogens (tertiary/aromatic N) is 1. The predicted molar refractivity (Wildman–Crippen MR) is 100 cm³/mol. The van der Waals surface area contributed by atoms with Gasteiger partial charge in [0.15, 0.2) is 0 Å². The van der Waals surface area contributed by atoms with Gasteiger partial charge < -0.3 is 19.7 Å². The van der Waals surface area contributed by atoms with Gasteiger partial charge in [0.05, 0.1) is 6.54 Å². The summed E-state index contributed by atoms with van der Waals surface area (Å²) in [6.45, 7) is 6.11. The monoisotopic (exact) mass is 380 g/mol. The Kier molecular flexibility index (Phi) is 7.05. The molecule has 1 aromatic rings. The molecular weight excluding hydrogens is 351 g/mol. The summed E-state index contributed by atoms with van der Waals surface area (Å²) in [6, 6.07) is 9.33. The van der Waals surface area contributed by atoms with E-state index in [1.54, 1.807) is 20.8 Å². The lowest BCUT2D eigenvalue weighted by Crippen LogP contribution is -2.50. The molecule has 0 unspecified atom stereocenters. The van der Waals surface area contributed by atoms with Crippen molar-refractivity contribution in [3.63, 3.8) is 0 Å². The van der Waals surface area contributed by atoms with E-state index < -0.39 is 23.5 Å². The lowest BCUT2D eigenvalue weighted by atomic mass is 9.91. The molecule has 1 aliphatic rings. The van der Waals surface area contributed by atoms with Gasteiger partial charge in [-0.3, -0.25) is 0 Å². The van der Waals surface area contributed by atoms with Crippen molar-refractivity contribution in [2.45, 2.75) is 57.9 Å². The number of carbonyl (C=O) groups is 2. The molecule has 7 heteroatoms. The average Bonchev–Trinajstić information content (AvgIpc) is 2.59. The number of carbonyl (C=O) groups excluding carboxylic acids is 2. The maximum atomic E-state index is 15.1. The van der Waals surface area contributed by atoms with Crippen LogP contribution in [0.3, 0.4) is 0 Å². The molecule has 0 radical (unpaired) electrons. The van der Waals surface area contributed by atoms with Crippen molar-refractivity contribution in [2.75, 3.05) is 19.6 Å². The Morgan fingerprint density at radius 1 is 1.26 bits per heavy atom. The van der Waals surface area contributed by atoms with E-state index >= 15 is 4.39 Å². The van der Waals surface area contributed by atoms with Crippen molar-refractivity contribution in [3.05, 3.63) is 35.9 Å². The van der Waals surface area contributed by atoms with Crippen LogP contribution in [0, 0.1) is 0 Å². The summed E-state index contributed by atoms with van der Waals surface area (Å²) in [6.07, 6.45) is -0.0461. The summed E-state index contributed by atoms with van der Waals surface area (Å²) in [5, 5.41) is 2.57. The number of amides is 2. The maximum absolute atomic E-state index is 15.1. The summed E-state index contributed by atoms with van der Waals surface area (Å²) in [4.78, 5) is 25.3. The largest absolute Gasteiger partial charge is 0.445 e. The zero-order chi connectivity index (χ0) is 19.9. The normalized spacial score (nSPS) is 20.1. The topological polar surface area (TPSA) is 67.9 Å². The Morgan fingerprint density at radius 3 is 2.63 bits per heavy atom. The first-order valence-corrected chi connectivity index (χ1v) is 9.28. The average molecular weight is 380 g/mol. The SMILES string of the molecule is CC(C)(C)OC(=O)N1CCC[C@@](F)(CCNC(=O)OCc2ccccc2)C1. The van der Waals surface area contributed by atoms with E-state index in [1.807, 2.05) is 30.3 Å². The second-order valence-corrected chi connectivity index (χ2v) is 7.89. The quantitative estimate of drug-likeness (QED) is 0.837. The first kappa shape index (κ1) is 21.0. The highest BCUT2D eigenvalue weighted by Gasteiger charge is 2.38. The molecule has 0 saturated carbocycles. The van der Waals surface area contributed by atoms with Crippen LogP contribution >= 0.6 is 0 Å². The van der Waals surface area contributed by atoms with Crippen LogP contribution in [0.25, 0.3) is 0 Å². The van der Waals surface area contributed by atoms with Gasteiger partial charge in [-0.1, -0.05) is 30.3 Å². The van der Waals surface area contributed by atoms with Crippen LogP contribution in [0.5, 0.6) is 0 Å². The van der Waals surface area contributed by atoms with Crippen LogP contribution in [0.15, 0.2) is 30.3 Å². The Labute approximate surface area is 160 Å². The van der Waals surface area contributed by atoms with Gasteiger partial charge >= 0.3 is 12.2 Å². The first-order valence-electron chi connectivity index (χ1n) is 9.28. The highest BCUT2D eigenvalue weighted by atomic mass is 19.1. The lowest BCUT2D eigenvalue weighted by molar-refractivity contribution is -0.00748. The van der Waals surface area contributed by atoms with Crippen LogP contribution in [0.4, 0.5) is 14.0 Å². The summed E-state index contributed by atoms with van der Waals surface area (Å²) in [5.74, 6) is 0. The number of rotatable bonds is 5. The molecule has 1 fully saturated rings. The van der Waals surface area contributed by atoms with E-state index in [-0.39, 0.29) is 26.1 Å². The number of alkyl carbamates (subject to hydrolysis) is 1. The fraction of sp³-hybridized carbons (Fsp3) is 0.600. The van der Waals surface area contributed by atoms with Gasteiger partial charge in [-0.15, -0.1) is 0 Å². The number of ether oxygens (including phenoxy) is 2. The predicted octanol–water partition coefficient (Wildman–Crippen LogP) is 4.04. The fourth-order valence-electron chi connectivity index (χ4n) is 2.94. The maximum Gasteiger partial charge on any atom is 0.410 e. The highest BCUT2D eigenvalue weighted by molar-refractivity contribution is 5.68. The summed E-state index contributed by atoms with van der Waals surface area (Å²) >= 11 is 0. The number of likely N-dealkylation sites (tertiary alicyclic amines) is 1. The third-order valence-corrected chi connectivity index (χ3v) is 4.23. The molecule has 2 amide bonds. The Balaban J connectivity index is 1.73. The van der Waals surface area contributed by atoms with Gasteiger partial charge in [0.25, 0.3) is 0 Å². The molecule has 0 spiro atoms. The van der Waals surface area contributed by atoms with Crippen molar-refractivity contribution in [1.29, 1.82) is 0 Å². The molecule has 0 bridgehead atoms. The smallest absolute Gasteiger partial charge is 0.410 e. The Bertz CT molecular complexity index is 633. The summed E-state index contributed by atoms with van der Waals surface area (Å²) < 4.78 is 25.5. The molecule has 1 atom stereocenters. The van der Waals surface area contributed by atoms with Gasteiger partial charge in [0.2, 0.25) is 0 Å². The standard InChI is InChI=1S/C20H29FN2O4/c1-19(2,3)27-18(25)23-13-7-10-20(21,15-23)11-12-22-17(24)26-14-16-8-5-4-6-9-16/h4-6,8-9H,7,10-15H2,1-3H3,(H,22,24)/t20-/m1/s1. The van der Waals surface area contributed by atoms with Crippen LogP contribution in [-0.2, 0) is 16.1 Å². The molecule has 0 aromatic heterocycles. The molecule has 6 nitrogen and oxygen atoms in total. The van der Waals surface area contributed by atoms with Gasteiger partial charge in [0.1, 0.15) is 17.9 Å². The van der Waals surface area contributed by atoms with Gasteiger partial charge in [-0.05, 0) is 39.2 Å². The van der Waals surface area contributed by atoms with Gasteiger partial charge in [0, 0.05) is 19.5 Å².